The van der Waals surface area contributed by atoms with E-state index in [-0.39, 0.29) is 18.1 Å². The minimum Gasteiger partial charge on any atom is -0.335 e. The largest absolute Gasteiger partial charge is 0.335 e. The molecule has 2 unspecified atom stereocenters. The molecule has 0 bridgehead atoms. The third kappa shape index (κ3) is 6.63. The molecule has 2 amide bonds. The fourth-order valence-corrected chi connectivity index (χ4v) is 2.10. The van der Waals surface area contributed by atoms with Crippen LogP contribution >= 0.6 is 0 Å². The standard InChI is InChI=1S/C17H29N3O/c1-12(2)9-10-13(3)19-17(21)20-16-8-6-7-15(11-16)14(4)18-5/h6-8,11-14,18H,9-10H2,1-5H3,(H2,19,20,21). The molecule has 21 heavy (non-hydrogen) atoms. The van der Waals surface area contributed by atoms with Crippen molar-refractivity contribution < 1.29 is 4.79 Å². The van der Waals surface area contributed by atoms with Gasteiger partial charge in [0.15, 0.2) is 0 Å². The van der Waals surface area contributed by atoms with Crippen molar-refractivity contribution in [3.63, 3.8) is 0 Å². The first-order valence-electron chi connectivity index (χ1n) is 7.77. The van der Waals surface area contributed by atoms with Crippen molar-refractivity contribution in [3.05, 3.63) is 29.8 Å². The second-order valence-corrected chi connectivity index (χ2v) is 6.11. The summed E-state index contributed by atoms with van der Waals surface area (Å²) in [6.07, 6.45) is 2.12. The highest BCUT2D eigenvalue weighted by atomic mass is 16.2. The number of hydrogen-bond donors (Lipinski definition) is 3. The minimum absolute atomic E-state index is 0.138. The van der Waals surface area contributed by atoms with Gasteiger partial charge in [-0.3, -0.25) is 0 Å². The lowest BCUT2D eigenvalue weighted by atomic mass is 10.0. The van der Waals surface area contributed by atoms with Crippen LogP contribution in [0.3, 0.4) is 0 Å². The average molecular weight is 291 g/mol. The van der Waals surface area contributed by atoms with Gasteiger partial charge in [-0.05, 0) is 57.4 Å². The molecule has 4 nitrogen and oxygen atoms in total. The molecule has 0 aliphatic heterocycles. The molecular weight excluding hydrogens is 262 g/mol. The van der Waals surface area contributed by atoms with Crippen molar-refractivity contribution in [2.75, 3.05) is 12.4 Å². The molecular formula is C17H29N3O. The van der Waals surface area contributed by atoms with Crippen LogP contribution < -0.4 is 16.0 Å². The molecule has 2 atom stereocenters. The van der Waals surface area contributed by atoms with Gasteiger partial charge in [0, 0.05) is 17.8 Å². The third-order valence-corrected chi connectivity index (χ3v) is 3.63. The van der Waals surface area contributed by atoms with Gasteiger partial charge in [0.25, 0.3) is 0 Å². The molecule has 0 aliphatic carbocycles. The van der Waals surface area contributed by atoms with E-state index in [0.717, 1.165) is 24.1 Å². The van der Waals surface area contributed by atoms with E-state index in [1.807, 2.05) is 32.2 Å². The summed E-state index contributed by atoms with van der Waals surface area (Å²) in [5.74, 6) is 0.664. The van der Waals surface area contributed by atoms with Crippen LogP contribution in [0.25, 0.3) is 0 Å². The van der Waals surface area contributed by atoms with Crippen molar-refractivity contribution in [3.8, 4) is 0 Å². The van der Waals surface area contributed by atoms with Gasteiger partial charge >= 0.3 is 6.03 Å². The van der Waals surface area contributed by atoms with Crippen LogP contribution in [0.4, 0.5) is 10.5 Å². The maximum absolute atomic E-state index is 12.0. The number of carbonyl (C=O) groups excluding carboxylic acids is 1. The number of hydrogen-bond acceptors (Lipinski definition) is 2. The maximum Gasteiger partial charge on any atom is 0.319 e. The molecule has 0 fully saturated rings. The van der Waals surface area contributed by atoms with Crippen LogP contribution in [0.15, 0.2) is 24.3 Å². The summed E-state index contributed by atoms with van der Waals surface area (Å²) in [6.45, 7) is 8.52. The second-order valence-electron chi connectivity index (χ2n) is 6.11. The van der Waals surface area contributed by atoms with Gasteiger partial charge in [-0.1, -0.05) is 26.0 Å². The zero-order valence-corrected chi connectivity index (χ0v) is 13.9. The Labute approximate surface area is 128 Å². The summed E-state index contributed by atoms with van der Waals surface area (Å²) in [5.41, 5.74) is 1.98. The zero-order valence-electron chi connectivity index (χ0n) is 13.9. The van der Waals surface area contributed by atoms with Crippen LogP contribution in [-0.2, 0) is 0 Å². The third-order valence-electron chi connectivity index (χ3n) is 3.63. The molecule has 0 spiro atoms. The molecule has 0 saturated heterocycles. The number of amides is 2. The van der Waals surface area contributed by atoms with Gasteiger partial charge < -0.3 is 16.0 Å². The summed E-state index contributed by atoms with van der Waals surface area (Å²) in [7, 11) is 1.92. The molecule has 0 radical (unpaired) electrons. The fraction of sp³-hybridized carbons (Fsp3) is 0.588. The lowest BCUT2D eigenvalue weighted by molar-refractivity contribution is 0.248. The molecule has 4 heteroatoms. The number of rotatable bonds is 7. The smallest absolute Gasteiger partial charge is 0.319 e. The summed E-state index contributed by atoms with van der Waals surface area (Å²) in [5, 5.41) is 9.08. The Bertz CT molecular complexity index is 445. The molecule has 1 aromatic rings. The van der Waals surface area contributed by atoms with Crippen molar-refractivity contribution in [1.29, 1.82) is 0 Å². The molecule has 0 aromatic heterocycles. The van der Waals surface area contributed by atoms with Gasteiger partial charge in [0.1, 0.15) is 0 Å². The van der Waals surface area contributed by atoms with Gasteiger partial charge in [-0.2, -0.15) is 0 Å². The minimum atomic E-state index is -0.138. The van der Waals surface area contributed by atoms with Gasteiger partial charge in [-0.25, -0.2) is 4.79 Å². The Morgan fingerprint density at radius 2 is 1.86 bits per heavy atom. The van der Waals surface area contributed by atoms with Crippen molar-refractivity contribution >= 4 is 11.7 Å². The topological polar surface area (TPSA) is 53.2 Å². The van der Waals surface area contributed by atoms with Crippen LogP contribution in [0, 0.1) is 5.92 Å². The first kappa shape index (κ1) is 17.5. The summed E-state index contributed by atoms with van der Waals surface area (Å²) in [4.78, 5) is 12.0. The number of benzene rings is 1. The van der Waals surface area contributed by atoms with Crippen molar-refractivity contribution in [2.24, 2.45) is 5.92 Å². The van der Waals surface area contributed by atoms with Crippen LogP contribution in [0.5, 0.6) is 0 Å². The molecule has 118 valence electrons. The number of nitrogens with one attached hydrogen (secondary N) is 3. The van der Waals surface area contributed by atoms with Gasteiger partial charge in [0.2, 0.25) is 0 Å². The van der Waals surface area contributed by atoms with E-state index < -0.39 is 0 Å². The highest BCUT2D eigenvalue weighted by Crippen LogP contribution is 2.17. The van der Waals surface area contributed by atoms with E-state index in [1.54, 1.807) is 0 Å². The summed E-state index contributed by atoms with van der Waals surface area (Å²) < 4.78 is 0. The van der Waals surface area contributed by atoms with Gasteiger partial charge in [-0.15, -0.1) is 0 Å². The lowest BCUT2D eigenvalue weighted by Gasteiger charge is -2.16. The number of anilines is 1. The molecule has 0 saturated carbocycles. The monoisotopic (exact) mass is 291 g/mol. The molecule has 3 N–H and O–H groups in total. The van der Waals surface area contributed by atoms with E-state index in [9.17, 15) is 4.79 Å². The number of carbonyl (C=O) groups is 1. The Hall–Kier alpha value is -1.55. The van der Waals surface area contributed by atoms with Crippen molar-refractivity contribution in [2.45, 2.75) is 52.6 Å². The van der Waals surface area contributed by atoms with E-state index in [1.165, 1.54) is 0 Å². The Morgan fingerprint density at radius 1 is 1.14 bits per heavy atom. The first-order valence-corrected chi connectivity index (χ1v) is 7.77. The predicted octanol–water partition coefficient (Wildman–Crippen LogP) is 3.91. The SMILES string of the molecule is CNC(C)c1cccc(NC(=O)NC(C)CCC(C)C)c1. The Morgan fingerprint density at radius 3 is 2.48 bits per heavy atom. The first-order chi connectivity index (χ1) is 9.92. The average Bonchev–Trinajstić information content (AvgIpc) is 2.44. The summed E-state index contributed by atoms with van der Waals surface area (Å²) >= 11 is 0. The van der Waals surface area contributed by atoms with E-state index in [4.69, 9.17) is 0 Å². The molecule has 0 aliphatic rings. The second kappa shape index (κ2) is 8.67. The van der Waals surface area contributed by atoms with Crippen LogP contribution in [-0.4, -0.2) is 19.1 Å². The van der Waals surface area contributed by atoms with Crippen LogP contribution in [0.1, 0.15) is 52.1 Å². The lowest BCUT2D eigenvalue weighted by Crippen LogP contribution is -2.36. The quantitative estimate of drug-likeness (QED) is 0.713. The molecule has 0 heterocycles. The highest BCUT2D eigenvalue weighted by molar-refractivity contribution is 5.89. The van der Waals surface area contributed by atoms with E-state index >= 15 is 0 Å². The normalized spacial score (nSPS) is 13.8. The van der Waals surface area contributed by atoms with Crippen LogP contribution in [0.2, 0.25) is 0 Å². The fourth-order valence-electron chi connectivity index (χ4n) is 2.10. The Kier molecular flexibility index (Phi) is 7.23. The zero-order chi connectivity index (χ0) is 15.8. The summed E-state index contributed by atoms with van der Waals surface area (Å²) in [6, 6.07) is 8.23. The van der Waals surface area contributed by atoms with Gasteiger partial charge in [0.05, 0.1) is 0 Å². The predicted molar refractivity (Wildman–Crippen MR) is 89.6 cm³/mol. The molecule has 1 aromatic carbocycles. The molecule has 1 rings (SSSR count). The highest BCUT2D eigenvalue weighted by Gasteiger charge is 2.09. The van der Waals surface area contributed by atoms with Crippen molar-refractivity contribution in [1.82, 2.24) is 10.6 Å². The van der Waals surface area contributed by atoms with E-state index in [0.29, 0.717) is 5.92 Å². The maximum atomic E-state index is 12.0. The van der Waals surface area contributed by atoms with E-state index in [2.05, 4.69) is 42.8 Å². The Balaban J connectivity index is 2.51. The number of urea groups is 1.